The second-order valence-corrected chi connectivity index (χ2v) is 6.38. The Kier molecular flexibility index (Phi) is 3.29. The summed E-state index contributed by atoms with van der Waals surface area (Å²) >= 11 is 1.25. The molecule has 3 rings (SSSR count). The van der Waals surface area contributed by atoms with Crippen molar-refractivity contribution in [3.05, 3.63) is 29.5 Å². The molecule has 1 saturated heterocycles. The molecular formula is C14H14N2O4S. The zero-order valence-electron chi connectivity index (χ0n) is 11.4. The molecule has 0 aliphatic carbocycles. The van der Waals surface area contributed by atoms with Gasteiger partial charge in [0.25, 0.3) is 5.91 Å². The van der Waals surface area contributed by atoms with Crippen molar-refractivity contribution >= 4 is 23.2 Å². The maximum absolute atomic E-state index is 12.4. The van der Waals surface area contributed by atoms with Gasteiger partial charge in [-0.1, -0.05) is 0 Å². The molecule has 1 aliphatic rings. The molecule has 1 fully saturated rings. The number of amides is 1. The summed E-state index contributed by atoms with van der Waals surface area (Å²) in [5.41, 5.74) is -0.857. The number of aromatic nitrogens is 1. The number of furan rings is 1. The van der Waals surface area contributed by atoms with Gasteiger partial charge in [0, 0.05) is 13.1 Å². The molecule has 6 nitrogen and oxygen atoms in total. The van der Waals surface area contributed by atoms with Crippen LogP contribution in [0.3, 0.4) is 0 Å². The Morgan fingerprint density at radius 3 is 2.95 bits per heavy atom. The fraction of sp³-hybridized carbons (Fsp3) is 0.357. The fourth-order valence-electron chi connectivity index (χ4n) is 2.35. The van der Waals surface area contributed by atoms with Gasteiger partial charge in [0.05, 0.1) is 17.9 Å². The summed E-state index contributed by atoms with van der Waals surface area (Å²) < 4.78 is 5.25. The second-order valence-electron chi connectivity index (χ2n) is 5.35. The van der Waals surface area contributed by atoms with E-state index < -0.39 is 11.4 Å². The first-order valence-electron chi connectivity index (χ1n) is 6.52. The van der Waals surface area contributed by atoms with E-state index in [1.807, 2.05) is 0 Å². The lowest BCUT2D eigenvalue weighted by atomic mass is 9.90. The zero-order valence-corrected chi connectivity index (χ0v) is 12.2. The highest BCUT2D eigenvalue weighted by Crippen LogP contribution is 2.32. The minimum absolute atomic E-state index is 0.171. The molecule has 0 aromatic carbocycles. The SMILES string of the molecule is C[C@]1(C(=O)O)CCN(C(=O)c2cnc(-c3ccco3)s2)C1. The Morgan fingerprint density at radius 1 is 1.52 bits per heavy atom. The van der Waals surface area contributed by atoms with E-state index >= 15 is 0 Å². The molecule has 2 aromatic heterocycles. The summed E-state index contributed by atoms with van der Waals surface area (Å²) in [7, 11) is 0. The van der Waals surface area contributed by atoms with Crippen LogP contribution in [0.4, 0.5) is 0 Å². The Morgan fingerprint density at radius 2 is 2.33 bits per heavy atom. The Labute approximate surface area is 125 Å². The minimum atomic E-state index is -0.863. The summed E-state index contributed by atoms with van der Waals surface area (Å²) in [5.74, 6) is -0.412. The standard InChI is InChI=1S/C14H14N2O4S/c1-14(13(18)19)4-5-16(8-14)12(17)10-7-15-11(21-10)9-3-2-6-20-9/h2-3,6-7H,4-5,8H2,1H3,(H,18,19)/t14-/m0/s1. The summed E-state index contributed by atoms with van der Waals surface area (Å²) in [6.07, 6.45) is 3.54. The number of aliphatic carboxylic acids is 1. The number of hydrogen-bond acceptors (Lipinski definition) is 5. The van der Waals surface area contributed by atoms with Crippen LogP contribution >= 0.6 is 11.3 Å². The molecule has 0 radical (unpaired) electrons. The van der Waals surface area contributed by atoms with Crippen LogP contribution in [0.2, 0.25) is 0 Å². The van der Waals surface area contributed by atoms with Crippen molar-refractivity contribution in [2.45, 2.75) is 13.3 Å². The fourth-order valence-corrected chi connectivity index (χ4v) is 3.20. The number of carbonyl (C=O) groups excluding carboxylic acids is 1. The number of nitrogens with zero attached hydrogens (tertiary/aromatic N) is 2. The Bertz CT molecular complexity index is 679. The van der Waals surface area contributed by atoms with Gasteiger partial charge in [-0.25, -0.2) is 4.98 Å². The van der Waals surface area contributed by atoms with Gasteiger partial charge in [0.2, 0.25) is 0 Å². The molecule has 0 spiro atoms. The highest BCUT2D eigenvalue weighted by Gasteiger charge is 2.42. The summed E-state index contributed by atoms with van der Waals surface area (Å²) in [5, 5.41) is 9.85. The molecule has 0 bridgehead atoms. The van der Waals surface area contributed by atoms with Gasteiger partial charge < -0.3 is 14.4 Å². The maximum atomic E-state index is 12.4. The van der Waals surface area contributed by atoms with Crippen LogP contribution < -0.4 is 0 Å². The summed E-state index contributed by atoms with van der Waals surface area (Å²) in [6.45, 7) is 2.36. The predicted octanol–water partition coefficient (Wildman–Crippen LogP) is 2.34. The largest absolute Gasteiger partial charge is 0.481 e. The lowest BCUT2D eigenvalue weighted by Crippen LogP contribution is -2.34. The third-order valence-corrected chi connectivity index (χ3v) is 4.73. The Hall–Kier alpha value is -2.15. The average Bonchev–Trinajstić information content (AvgIpc) is 3.18. The number of thiazole rings is 1. The van der Waals surface area contributed by atoms with Crippen LogP contribution in [-0.2, 0) is 4.79 Å². The van der Waals surface area contributed by atoms with Crippen molar-refractivity contribution in [1.29, 1.82) is 0 Å². The average molecular weight is 306 g/mol. The molecule has 7 heteroatoms. The van der Waals surface area contributed by atoms with Crippen LogP contribution in [0.15, 0.2) is 29.0 Å². The zero-order chi connectivity index (χ0) is 15.0. The molecule has 1 amide bonds. The number of carboxylic acids is 1. The molecule has 1 aliphatic heterocycles. The van der Waals surface area contributed by atoms with E-state index in [9.17, 15) is 14.7 Å². The van der Waals surface area contributed by atoms with Crippen molar-refractivity contribution in [3.63, 3.8) is 0 Å². The normalized spacial score (nSPS) is 21.7. The third-order valence-electron chi connectivity index (χ3n) is 3.73. The first kappa shape index (κ1) is 13.8. The van der Waals surface area contributed by atoms with Gasteiger partial charge >= 0.3 is 5.97 Å². The molecule has 0 unspecified atom stereocenters. The van der Waals surface area contributed by atoms with Crippen LogP contribution in [0.25, 0.3) is 10.8 Å². The molecule has 1 N–H and O–H groups in total. The van der Waals surface area contributed by atoms with Crippen molar-refractivity contribution in [3.8, 4) is 10.8 Å². The first-order valence-corrected chi connectivity index (χ1v) is 7.34. The molecule has 0 saturated carbocycles. The first-order chi connectivity index (χ1) is 9.99. The molecule has 1 atom stereocenters. The van der Waals surface area contributed by atoms with Crippen molar-refractivity contribution in [2.24, 2.45) is 5.41 Å². The van der Waals surface area contributed by atoms with E-state index in [0.29, 0.717) is 28.6 Å². The predicted molar refractivity (Wildman–Crippen MR) is 76.1 cm³/mol. The maximum Gasteiger partial charge on any atom is 0.311 e. The number of carbonyl (C=O) groups is 2. The van der Waals surface area contributed by atoms with E-state index in [-0.39, 0.29) is 12.5 Å². The van der Waals surface area contributed by atoms with E-state index in [0.717, 1.165) is 0 Å². The second kappa shape index (κ2) is 5.00. The number of carboxylic acid groups (broad SMARTS) is 1. The van der Waals surface area contributed by atoms with E-state index in [4.69, 9.17) is 4.42 Å². The van der Waals surface area contributed by atoms with Gasteiger partial charge in [0.15, 0.2) is 10.8 Å². The lowest BCUT2D eigenvalue weighted by Gasteiger charge is -2.19. The molecule has 21 heavy (non-hydrogen) atoms. The monoisotopic (exact) mass is 306 g/mol. The van der Waals surface area contributed by atoms with Gasteiger partial charge in [0.1, 0.15) is 4.88 Å². The van der Waals surface area contributed by atoms with E-state index in [1.54, 1.807) is 30.2 Å². The van der Waals surface area contributed by atoms with Crippen molar-refractivity contribution in [1.82, 2.24) is 9.88 Å². The number of hydrogen-bond donors (Lipinski definition) is 1. The van der Waals surface area contributed by atoms with Gasteiger partial charge in [-0.3, -0.25) is 9.59 Å². The van der Waals surface area contributed by atoms with Gasteiger partial charge in [-0.2, -0.15) is 0 Å². The van der Waals surface area contributed by atoms with Crippen molar-refractivity contribution < 1.29 is 19.1 Å². The summed E-state index contributed by atoms with van der Waals surface area (Å²) in [6, 6.07) is 3.54. The van der Waals surface area contributed by atoms with E-state index in [1.165, 1.54) is 17.5 Å². The highest BCUT2D eigenvalue weighted by atomic mass is 32.1. The van der Waals surface area contributed by atoms with E-state index in [2.05, 4.69) is 4.98 Å². The van der Waals surface area contributed by atoms with Gasteiger partial charge in [-0.05, 0) is 25.5 Å². The van der Waals surface area contributed by atoms with Crippen molar-refractivity contribution in [2.75, 3.05) is 13.1 Å². The molecule has 110 valence electrons. The molecule has 2 aromatic rings. The topological polar surface area (TPSA) is 83.6 Å². The lowest BCUT2D eigenvalue weighted by molar-refractivity contribution is -0.147. The molecular weight excluding hydrogens is 292 g/mol. The van der Waals surface area contributed by atoms with Crippen LogP contribution in [0.5, 0.6) is 0 Å². The smallest absolute Gasteiger partial charge is 0.311 e. The number of likely N-dealkylation sites (tertiary alicyclic amines) is 1. The third kappa shape index (κ3) is 2.44. The van der Waals surface area contributed by atoms with Gasteiger partial charge in [-0.15, -0.1) is 11.3 Å². The molecule has 3 heterocycles. The number of rotatable bonds is 3. The van der Waals surface area contributed by atoms with Crippen LogP contribution in [0.1, 0.15) is 23.0 Å². The van der Waals surface area contributed by atoms with Crippen LogP contribution in [0, 0.1) is 5.41 Å². The van der Waals surface area contributed by atoms with Crippen LogP contribution in [-0.4, -0.2) is 40.0 Å². The Balaban J connectivity index is 1.76. The minimum Gasteiger partial charge on any atom is -0.481 e. The highest BCUT2D eigenvalue weighted by molar-refractivity contribution is 7.16. The summed E-state index contributed by atoms with van der Waals surface area (Å²) in [4.78, 5) is 29.9. The quantitative estimate of drug-likeness (QED) is 0.941.